The Hall–Kier alpha value is -2.93. The minimum Gasteiger partial charge on any atom is -0.454 e. The van der Waals surface area contributed by atoms with Crippen molar-refractivity contribution >= 4 is 42.6 Å². The number of aromatic nitrogens is 1. The first-order valence-corrected chi connectivity index (χ1v) is 12.6. The van der Waals surface area contributed by atoms with Crippen LogP contribution in [0, 0.1) is 0 Å². The first-order chi connectivity index (χ1) is 15.8. The SMILES string of the molecule is C[C@@H]1CN(S(=O)(=O)c2ccc(C(=O)NNc3nc4cc5c(cc4s3)OCO5)cc2)C[C@@H](C)O1. The Morgan fingerprint density at radius 1 is 1.09 bits per heavy atom. The van der Waals surface area contributed by atoms with Crippen LogP contribution in [0.2, 0.25) is 0 Å². The average Bonchev–Trinajstić information content (AvgIpc) is 3.40. The standard InChI is InChI=1S/C21H22N4O6S2/c1-12-9-25(10-13(2)31-12)33(27,28)15-5-3-14(4-6-15)20(26)23-24-21-22-16-7-17-18(30-11-29-17)8-19(16)32-21/h3-8,12-13H,9-11H2,1-2H3,(H,22,24)(H,23,26)/t12-,13-/m1/s1. The molecule has 1 amide bonds. The van der Waals surface area contributed by atoms with Gasteiger partial charge in [-0.1, -0.05) is 11.3 Å². The Kier molecular flexibility index (Phi) is 5.60. The quantitative estimate of drug-likeness (QED) is 0.524. The molecule has 2 aliphatic heterocycles. The van der Waals surface area contributed by atoms with E-state index in [9.17, 15) is 13.2 Å². The zero-order valence-corrected chi connectivity index (χ0v) is 19.5. The molecule has 1 aromatic heterocycles. The number of fused-ring (bicyclic) bond motifs is 2. The molecule has 2 aliphatic rings. The molecule has 5 rings (SSSR count). The minimum atomic E-state index is -3.67. The highest BCUT2D eigenvalue weighted by Gasteiger charge is 2.32. The fraction of sp³-hybridized carbons (Fsp3) is 0.333. The number of anilines is 1. The fourth-order valence-electron chi connectivity index (χ4n) is 3.81. The molecule has 1 fully saturated rings. The summed E-state index contributed by atoms with van der Waals surface area (Å²) in [7, 11) is -3.67. The highest BCUT2D eigenvalue weighted by atomic mass is 32.2. The molecule has 2 N–H and O–H groups in total. The first kappa shape index (κ1) is 21.9. The molecule has 0 unspecified atom stereocenters. The first-order valence-electron chi connectivity index (χ1n) is 10.3. The van der Waals surface area contributed by atoms with Gasteiger partial charge in [0.25, 0.3) is 5.91 Å². The number of hydrogen-bond donors (Lipinski definition) is 2. The normalized spacial score (nSPS) is 20.7. The molecule has 3 aromatic rings. The number of hydrogen-bond acceptors (Lipinski definition) is 9. The Morgan fingerprint density at radius 3 is 2.45 bits per heavy atom. The summed E-state index contributed by atoms with van der Waals surface area (Å²) in [5, 5.41) is 0.497. The second-order valence-corrected chi connectivity index (χ2v) is 10.8. The summed E-state index contributed by atoms with van der Waals surface area (Å²) in [5.41, 5.74) is 6.42. The van der Waals surface area contributed by atoms with E-state index in [2.05, 4.69) is 15.8 Å². The van der Waals surface area contributed by atoms with Gasteiger partial charge in [0.05, 0.1) is 27.3 Å². The molecule has 12 heteroatoms. The van der Waals surface area contributed by atoms with E-state index >= 15 is 0 Å². The molecule has 1 saturated heterocycles. The van der Waals surface area contributed by atoms with Gasteiger partial charge in [-0.15, -0.1) is 0 Å². The van der Waals surface area contributed by atoms with E-state index in [4.69, 9.17) is 14.2 Å². The number of nitrogens with zero attached hydrogens (tertiary/aromatic N) is 2. The maximum absolute atomic E-state index is 13.0. The summed E-state index contributed by atoms with van der Waals surface area (Å²) in [6.45, 7) is 4.47. The van der Waals surface area contributed by atoms with Gasteiger partial charge >= 0.3 is 0 Å². The van der Waals surface area contributed by atoms with Crippen LogP contribution in [0.3, 0.4) is 0 Å². The zero-order chi connectivity index (χ0) is 23.2. The van der Waals surface area contributed by atoms with Crippen LogP contribution in [0.4, 0.5) is 5.13 Å². The van der Waals surface area contributed by atoms with Gasteiger partial charge in [-0.2, -0.15) is 4.31 Å². The Bertz CT molecular complexity index is 1260. The maximum Gasteiger partial charge on any atom is 0.269 e. The lowest BCUT2D eigenvalue weighted by Crippen LogP contribution is -2.48. The predicted molar refractivity (Wildman–Crippen MR) is 122 cm³/mol. The highest BCUT2D eigenvalue weighted by molar-refractivity contribution is 7.89. The topological polar surface area (TPSA) is 119 Å². The van der Waals surface area contributed by atoms with Crippen LogP contribution < -0.4 is 20.3 Å². The molecular weight excluding hydrogens is 468 g/mol. The Morgan fingerprint density at radius 2 is 1.76 bits per heavy atom. The van der Waals surface area contributed by atoms with Gasteiger partial charge in [0.1, 0.15) is 0 Å². The molecular formula is C21H22N4O6S2. The number of morpholine rings is 1. The van der Waals surface area contributed by atoms with Gasteiger partial charge in [0.2, 0.25) is 21.9 Å². The third-order valence-electron chi connectivity index (χ3n) is 5.31. The lowest BCUT2D eigenvalue weighted by Gasteiger charge is -2.34. The van der Waals surface area contributed by atoms with E-state index in [1.807, 2.05) is 19.9 Å². The molecule has 0 spiro atoms. The summed E-state index contributed by atoms with van der Waals surface area (Å²) in [6, 6.07) is 9.47. The van der Waals surface area contributed by atoms with Crippen LogP contribution in [0.25, 0.3) is 10.2 Å². The number of carbonyl (C=O) groups is 1. The number of hydrazine groups is 1. The largest absolute Gasteiger partial charge is 0.454 e. The van der Waals surface area contributed by atoms with Crippen LogP contribution in [-0.2, 0) is 14.8 Å². The van der Waals surface area contributed by atoms with Gasteiger partial charge in [-0.3, -0.25) is 15.6 Å². The van der Waals surface area contributed by atoms with E-state index in [1.54, 1.807) is 6.07 Å². The molecule has 2 atom stereocenters. The second kappa shape index (κ2) is 8.45. The summed E-state index contributed by atoms with van der Waals surface area (Å²) in [5.74, 6) is 0.887. The van der Waals surface area contributed by atoms with Crippen molar-refractivity contribution in [1.29, 1.82) is 0 Å². The molecule has 2 aromatic carbocycles. The van der Waals surface area contributed by atoms with E-state index in [0.29, 0.717) is 35.3 Å². The second-order valence-electron chi connectivity index (χ2n) is 7.88. The third kappa shape index (κ3) is 4.34. The van der Waals surface area contributed by atoms with Gasteiger partial charge < -0.3 is 14.2 Å². The number of rotatable bonds is 5. The monoisotopic (exact) mass is 490 g/mol. The average molecular weight is 491 g/mol. The minimum absolute atomic E-state index is 0.136. The molecule has 33 heavy (non-hydrogen) atoms. The summed E-state index contributed by atoms with van der Waals surface area (Å²) in [4.78, 5) is 17.1. The van der Waals surface area contributed by atoms with Crippen LogP contribution in [-0.4, -0.2) is 55.7 Å². The van der Waals surface area contributed by atoms with Crippen molar-refractivity contribution in [2.45, 2.75) is 31.0 Å². The highest BCUT2D eigenvalue weighted by Crippen LogP contribution is 2.38. The van der Waals surface area contributed by atoms with Crippen LogP contribution in [0.5, 0.6) is 11.5 Å². The third-order valence-corrected chi connectivity index (χ3v) is 8.09. The molecule has 10 nitrogen and oxygen atoms in total. The number of amides is 1. The van der Waals surface area contributed by atoms with Crippen LogP contribution in [0.15, 0.2) is 41.3 Å². The number of nitrogens with one attached hydrogen (secondary N) is 2. The zero-order valence-electron chi connectivity index (χ0n) is 17.9. The van der Waals surface area contributed by atoms with Crippen LogP contribution >= 0.6 is 11.3 Å². The van der Waals surface area contributed by atoms with E-state index < -0.39 is 15.9 Å². The van der Waals surface area contributed by atoms with Gasteiger partial charge in [0.15, 0.2) is 11.5 Å². The van der Waals surface area contributed by atoms with E-state index in [0.717, 1.165) is 10.2 Å². The van der Waals surface area contributed by atoms with Crippen molar-refractivity contribution < 1.29 is 27.4 Å². The van der Waals surface area contributed by atoms with E-state index in [-0.39, 0.29) is 23.9 Å². The summed E-state index contributed by atoms with van der Waals surface area (Å²) in [6.07, 6.45) is -0.355. The van der Waals surface area contributed by atoms with Crippen molar-refractivity contribution in [1.82, 2.24) is 14.7 Å². The number of carbonyl (C=O) groups excluding carboxylic acids is 1. The number of thiazole rings is 1. The molecule has 0 saturated carbocycles. The summed E-state index contributed by atoms with van der Waals surface area (Å²) >= 11 is 1.35. The number of sulfonamides is 1. The molecule has 3 heterocycles. The fourth-order valence-corrected chi connectivity index (χ4v) is 6.23. The Balaban J connectivity index is 1.25. The van der Waals surface area contributed by atoms with Gasteiger partial charge in [-0.25, -0.2) is 13.4 Å². The van der Waals surface area contributed by atoms with Gasteiger partial charge in [0, 0.05) is 30.8 Å². The van der Waals surface area contributed by atoms with Crippen molar-refractivity contribution in [3.63, 3.8) is 0 Å². The number of ether oxygens (including phenoxy) is 3. The lowest BCUT2D eigenvalue weighted by atomic mass is 10.2. The van der Waals surface area contributed by atoms with Crippen LogP contribution in [0.1, 0.15) is 24.2 Å². The Labute approximate surface area is 194 Å². The van der Waals surface area contributed by atoms with Crippen molar-refractivity contribution in [3.8, 4) is 11.5 Å². The molecule has 0 radical (unpaired) electrons. The van der Waals surface area contributed by atoms with Crippen molar-refractivity contribution in [3.05, 3.63) is 42.0 Å². The van der Waals surface area contributed by atoms with Crippen molar-refractivity contribution in [2.75, 3.05) is 25.3 Å². The number of benzene rings is 2. The van der Waals surface area contributed by atoms with E-state index in [1.165, 1.54) is 39.9 Å². The molecule has 174 valence electrons. The summed E-state index contributed by atoms with van der Waals surface area (Å²) < 4.78 is 44.6. The smallest absolute Gasteiger partial charge is 0.269 e. The lowest BCUT2D eigenvalue weighted by molar-refractivity contribution is -0.0440. The molecule has 0 bridgehead atoms. The maximum atomic E-state index is 13.0. The van der Waals surface area contributed by atoms with Crippen molar-refractivity contribution in [2.24, 2.45) is 0 Å². The molecule has 0 aliphatic carbocycles. The predicted octanol–water partition coefficient (Wildman–Crippen LogP) is 2.58. The van der Waals surface area contributed by atoms with Gasteiger partial charge in [-0.05, 0) is 38.1 Å².